The molecule has 2 aromatic heterocycles. The van der Waals surface area contributed by atoms with Crippen molar-refractivity contribution in [3.05, 3.63) is 60.8 Å². The van der Waals surface area contributed by atoms with E-state index >= 15 is 0 Å². The van der Waals surface area contributed by atoms with Crippen LogP contribution >= 0.6 is 0 Å². The first-order valence-electron chi connectivity index (χ1n) is 8.52. The molecule has 3 heteroatoms. The fourth-order valence-electron chi connectivity index (χ4n) is 3.32. The molecule has 0 spiro atoms. The van der Waals surface area contributed by atoms with Crippen LogP contribution < -0.4 is 4.90 Å². The molecule has 0 saturated heterocycles. The van der Waals surface area contributed by atoms with Crippen molar-refractivity contribution >= 4 is 27.5 Å². The zero-order valence-corrected chi connectivity index (χ0v) is 14.1. The van der Waals surface area contributed by atoms with Gasteiger partial charge in [0.2, 0.25) is 0 Å². The van der Waals surface area contributed by atoms with Crippen LogP contribution in [0.1, 0.15) is 13.8 Å². The number of hydrogen-bond acceptors (Lipinski definition) is 2. The highest BCUT2D eigenvalue weighted by Crippen LogP contribution is 2.33. The van der Waals surface area contributed by atoms with Crippen molar-refractivity contribution in [1.82, 2.24) is 9.97 Å². The average molecular weight is 315 g/mol. The van der Waals surface area contributed by atoms with E-state index in [1.807, 2.05) is 12.3 Å². The minimum absolute atomic E-state index is 0.968. The minimum Gasteiger partial charge on any atom is -0.370 e. The Labute approximate surface area is 142 Å². The molecule has 4 rings (SSSR count). The molecule has 0 bridgehead atoms. The Hall–Kier alpha value is -2.81. The summed E-state index contributed by atoms with van der Waals surface area (Å²) < 4.78 is 0. The van der Waals surface area contributed by atoms with E-state index in [0.717, 1.165) is 35.4 Å². The summed E-state index contributed by atoms with van der Waals surface area (Å²) in [5.41, 5.74) is 5.62. The molecule has 0 aliphatic heterocycles. The molecule has 0 aliphatic rings. The summed E-state index contributed by atoms with van der Waals surface area (Å²) in [4.78, 5) is 10.6. The lowest BCUT2D eigenvalue weighted by Crippen LogP contribution is -2.22. The van der Waals surface area contributed by atoms with Crippen LogP contribution in [0.15, 0.2) is 60.8 Å². The number of hydrogen-bond donors (Lipinski definition) is 1. The summed E-state index contributed by atoms with van der Waals surface area (Å²) in [6.07, 6.45) is 1.98. The van der Waals surface area contributed by atoms with Gasteiger partial charge in [-0.25, -0.2) is 4.98 Å². The summed E-state index contributed by atoms with van der Waals surface area (Å²) >= 11 is 0. The van der Waals surface area contributed by atoms with Crippen LogP contribution in [0, 0.1) is 0 Å². The van der Waals surface area contributed by atoms with E-state index in [0.29, 0.717) is 0 Å². The summed E-state index contributed by atoms with van der Waals surface area (Å²) in [6.45, 7) is 6.32. The SMILES string of the molecule is CCN(CC)c1cc2ccccc2nc1-c1ccc2[nH]ccc2c1. The fraction of sp³-hybridized carbons (Fsp3) is 0.190. The number of benzene rings is 2. The first-order valence-corrected chi connectivity index (χ1v) is 8.52. The van der Waals surface area contributed by atoms with Gasteiger partial charge < -0.3 is 9.88 Å². The van der Waals surface area contributed by atoms with Crippen LogP contribution in [-0.2, 0) is 0 Å². The molecule has 0 atom stereocenters. The Balaban J connectivity index is 1.98. The molecule has 0 fully saturated rings. The van der Waals surface area contributed by atoms with Crippen molar-refractivity contribution in [3.8, 4) is 11.3 Å². The maximum atomic E-state index is 5.00. The normalized spacial score (nSPS) is 11.2. The van der Waals surface area contributed by atoms with Gasteiger partial charge in [-0.2, -0.15) is 0 Å². The Morgan fingerprint density at radius 1 is 0.917 bits per heavy atom. The molecule has 0 amide bonds. The smallest absolute Gasteiger partial charge is 0.0943 e. The van der Waals surface area contributed by atoms with Gasteiger partial charge in [-0.3, -0.25) is 0 Å². The van der Waals surface area contributed by atoms with Crippen molar-refractivity contribution < 1.29 is 0 Å². The first kappa shape index (κ1) is 14.8. The molecular formula is C21H21N3. The number of fused-ring (bicyclic) bond motifs is 2. The molecule has 0 saturated carbocycles. The van der Waals surface area contributed by atoms with E-state index in [9.17, 15) is 0 Å². The van der Waals surface area contributed by atoms with Crippen LogP contribution in [0.4, 0.5) is 5.69 Å². The van der Waals surface area contributed by atoms with Gasteiger partial charge in [0.05, 0.1) is 16.9 Å². The van der Waals surface area contributed by atoms with Gasteiger partial charge >= 0.3 is 0 Å². The molecule has 2 aromatic carbocycles. The van der Waals surface area contributed by atoms with Gasteiger partial charge in [-0.05, 0) is 44.2 Å². The van der Waals surface area contributed by atoms with E-state index in [2.05, 4.69) is 72.3 Å². The Kier molecular flexibility index (Phi) is 3.69. The number of nitrogens with zero attached hydrogens (tertiary/aromatic N) is 2. The number of H-pyrrole nitrogens is 1. The van der Waals surface area contributed by atoms with E-state index in [-0.39, 0.29) is 0 Å². The standard InChI is InChI=1S/C21H21N3/c1-3-24(4-2)20-14-15-7-5-6-8-19(15)23-21(20)17-9-10-18-16(13-17)11-12-22-18/h5-14,22H,3-4H2,1-2H3. The molecule has 24 heavy (non-hydrogen) atoms. The second kappa shape index (κ2) is 6.00. The maximum absolute atomic E-state index is 5.00. The molecule has 2 heterocycles. The maximum Gasteiger partial charge on any atom is 0.0943 e. The van der Waals surface area contributed by atoms with Gasteiger partial charge in [0, 0.05) is 41.1 Å². The van der Waals surface area contributed by atoms with Gasteiger partial charge in [0.25, 0.3) is 0 Å². The lowest BCUT2D eigenvalue weighted by Gasteiger charge is -2.24. The van der Waals surface area contributed by atoms with E-state index in [1.54, 1.807) is 0 Å². The second-order valence-corrected chi connectivity index (χ2v) is 6.00. The molecule has 0 unspecified atom stereocenters. The third-order valence-corrected chi connectivity index (χ3v) is 4.63. The van der Waals surface area contributed by atoms with Gasteiger partial charge in [-0.15, -0.1) is 0 Å². The minimum atomic E-state index is 0.968. The van der Waals surface area contributed by atoms with Crippen LogP contribution in [0.25, 0.3) is 33.1 Å². The van der Waals surface area contributed by atoms with Gasteiger partial charge in [-0.1, -0.05) is 24.3 Å². The highest BCUT2D eigenvalue weighted by molar-refractivity contribution is 5.92. The topological polar surface area (TPSA) is 31.9 Å². The first-order chi connectivity index (χ1) is 11.8. The van der Waals surface area contributed by atoms with Crippen LogP contribution in [-0.4, -0.2) is 23.1 Å². The van der Waals surface area contributed by atoms with Gasteiger partial charge in [0.1, 0.15) is 0 Å². The zero-order chi connectivity index (χ0) is 16.5. The number of rotatable bonds is 4. The van der Waals surface area contributed by atoms with Crippen LogP contribution in [0.3, 0.4) is 0 Å². The van der Waals surface area contributed by atoms with Crippen molar-refractivity contribution in [2.45, 2.75) is 13.8 Å². The van der Waals surface area contributed by atoms with Crippen molar-refractivity contribution in [2.24, 2.45) is 0 Å². The molecule has 0 aliphatic carbocycles. The predicted octanol–water partition coefficient (Wildman–Crippen LogP) is 5.23. The molecular weight excluding hydrogens is 294 g/mol. The van der Waals surface area contributed by atoms with Crippen molar-refractivity contribution in [1.29, 1.82) is 0 Å². The Bertz CT molecular complexity index is 996. The van der Waals surface area contributed by atoms with Crippen molar-refractivity contribution in [3.63, 3.8) is 0 Å². The Morgan fingerprint density at radius 3 is 2.58 bits per heavy atom. The fourth-order valence-corrected chi connectivity index (χ4v) is 3.32. The van der Waals surface area contributed by atoms with Gasteiger partial charge in [0.15, 0.2) is 0 Å². The molecule has 3 nitrogen and oxygen atoms in total. The average Bonchev–Trinajstić information content (AvgIpc) is 3.10. The number of aromatic amines is 1. The lowest BCUT2D eigenvalue weighted by atomic mass is 10.0. The monoisotopic (exact) mass is 315 g/mol. The molecule has 120 valence electrons. The third-order valence-electron chi connectivity index (χ3n) is 4.63. The Morgan fingerprint density at radius 2 is 1.75 bits per heavy atom. The van der Waals surface area contributed by atoms with E-state index in [4.69, 9.17) is 4.98 Å². The number of para-hydroxylation sites is 1. The zero-order valence-electron chi connectivity index (χ0n) is 14.1. The molecule has 1 N–H and O–H groups in total. The quantitative estimate of drug-likeness (QED) is 0.559. The number of nitrogens with one attached hydrogen (secondary N) is 1. The number of pyridine rings is 1. The number of aromatic nitrogens is 2. The largest absolute Gasteiger partial charge is 0.370 e. The number of anilines is 1. The summed E-state index contributed by atoms with van der Waals surface area (Å²) in [6, 6.07) is 19.2. The van der Waals surface area contributed by atoms with Crippen LogP contribution in [0.2, 0.25) is 0 Å². The molecule has 4 aromatic rings. The van der Waals surface area contributed by atoms with E-state index in [1.165, 1.54) is 16.5 Å². The lowest BCUT2D eigenvalue weighted by molar-refractivity contribution is 0.865. The highest BCUT2D eigenvalue weighted by atomic mass is 15.1. The summed E-state index contributed by atoms with van der Waals surface area (Å²) in [5.74, 6) is 0. The third kappa shape index (κ3) is 2.42. The highest BCUT2D eigenvalue weighted by Gasteiger charge is 2.14. The summed E-state index contributed by atoms with van der Waals surface area (Å²) in [7, 11) is 0. The predicted molar refractivity (Wildman–Crippen MR) is 103 cm³/mol. The summed E-state index contributed by atoms with van der Waals surface area (Å²) in [5, 5.41) is 2.40. The van der Waals surface area contributed by atoms with Crippen molar-refractivity contribution in [2.75, 3.05) is 18.0 Å². The molecule has 0 radical (unpaired) electrons. The van der Waals surface area contributed by atoms with E-state index < -0.39 is 0 Å². The van der Waals surface area contributed by atoms with Crippen LogP contribution in [0.5, 0.6) is 0 Å². The second-order valence-electron chi connectivity index (χ2n) is 6.00.